The van der Waals surface area contributed by atoms with Crippen molar-refractivity contribution >= 4 is 16.5 Å². The molecule has 34 heavy (non-hydrogen) atoms. The van der Waals surface area contributed by atoms with Gasteiger partial charge < -0.3 is 19.8 Å². The molecule has 180 valence electrons. The van der Waals surface area contributed by atoms with Gasteiger partial charge in [0.15, 0.2) is 0 Å². The molecule has 2 aliphatic heterocycles. The van der Waals surface area contributed by atoms with Crippen LogP contribution in [0.2, 0.25) is 0 Å². The quantitative estimate of drug-likeness (QED) is 0.522. The molecule has 0 spiro atoms. The topological polar surface area (TPSA) is 56.2 Å². The average Bonchev–Trinajstić information content (AvgIpc) is 2.86. The predicted octanol–water partition coefficient (Wildman–Crippen LogP) is 4.96. The fourth-order valence-electron chi connectivity index (χ4n) is 5.34. The van der Waals surface area contributed by atoms with Crippen LogP contribution in [-0.2, 0) is 6.42 Å². The molecule has 5 nitrogen and oxygen atoms in total. The second kappa shape index (κ2) is 10.7. The second-order valence-corrected chi connectivity index (χ2v) is 9.76. The lowest BCUT2D eigenvalue weighted by Crippen LogP contribution is -2.36. The lowest BCUT2D eigenvalue weighted by molar-refractivity contribution is 0.145. The van der Waals surface area contributed by atoms with Gasteiger partial charge in [-0.3, -0.25) is 4.90 Å². The van der Waals surface area contributed by atoms with Crippen molar-refractivity contribution in [2.24, 2.45) is 0 Å². The lowest BCUT2D eigenvalue weighted by Gasteiger charge is -2.33. The van der Waals surface area contributed by atoms with E-state index in [0.717, 1.165) is 56.6 Å². The molecule has 0 unspecified atom stereocenters. The van der Waals surface area contributed by atoms with Gasteiger partial charge in [0.25, 0.3) is 0 Å². The van der Waals surface area contributed by atoms with Crippen LogP contribution in [0.25, 0.3) is 10.8 Å². The van der Waals surface area contributed by atoms with Crippen LogP contribution in [-0.4, -0.2) is 60.5 Å². The van der Waals surface area contributed by atoms with Gasteiger partial charge in [0.05, 0.1) is 6.10 Å². The highest BCUT2D eigenvalue weighted by atomic mass is 16.5. The Morgan fingerprint density at radius 2 is 1.62 bits per heavy atom. The maximum atomic E-state index is 9.99. The van der Waals surface area contributed by atoms with E-state index in [0.29, 0.717) is 5.75 Å². The first-order chi connectivity index (χ1) is 16.7. The van der Waals surface area contributed by atoms with Crippen molar-refractivity contribution in [1.29, 1.82) is 0 Å². The van der Waals surface area contributed by atoms with Crippen LogP contribution < -0.4 is 9.64 Å². The van der Waals surface area contributed by atoms with Crippen LogP contribution in [0, 0.1) is 0 Å². The number of likely N-dealkylation sites (tertiary alicyclic amines) is 1. The highest BCUT2D eigenvalue weighted by Crippen LogP contribution is 2.34. The molecule has 0 radical (unpaired) electrons. The van der Waals surface area contributed by atoms with Gasteiger partial charge in [-0.1, -0.05) is 30.7 Å². The number of aliphatic hydroxyl groups is 1. The van der Waals surface area contributed by atoms with Crippen LogP contribution >= 0.6 is 0 Å². The number of rotatable bonds is 7. The van der Waals surface area contributed by atoms with Gasteiger partial charge in [-0.25, -0.2) is 0 Å². The molecular weight excluding hydrogens is 424 g/mol. The smallest absolute Gasteiger partial charge is 0.119 e. The number of anilines is 1. The first-order valence-corrected chi connectivity index (χ1v) is 12.8. The van der Waals surface area contributed by atoms with Gasteiger partial charge in [-0.15, -0.1) is 0 Å². The Bertz CT molecular complexity index is 1080. The average molecular weight is 461 g/mol. The van der Waals surface area contributed by atoms with Crippen molar-refractivity contribution < 1.29 is 14.9 Å². The maximum absolute atomic E-state index is 9.99. The van der Waals surface area contributed by atoms with E-state index >= 15 is 0 Å². The zero-order chi connectivity index (χ0) is 23.3. The summed E-state index contributed by atoms with van der Waals surface area (Å²) in [5.74, 6) is 1.21. The first kappa shape index (κ1) is 23.0. The molecule has 0 bridgehead atoms. The number of phenols is 1. The molecular formula is C29H36N2O3. The predicted molar refractivity (Wildman–Crippen MR) is 138 cm³/mol. The number of aromatic hydroxyl groups is 1. The van der Waals surface area contributed by atoms with Crippen molar-refractivity contribution in [3.8, 4) is 11.5 Å². The number of benzene rings is 3. The van der Waals surface area contributed by atoms with Crippen LogP contribution in [0.1, 0.15) is 43.2 Å². The summed E-state index contributed by atoms with van der Waals surface area (Å²) in [4.78, 5) is 4.89. The molecule has 0 saturated carbocycles. The molecule has 0 aromatic heterocycles. The number of aliphatic hydroxyl groups excluding tert-OH is 1. The fourth-order valence-corrected chi connectivity index (χ4v) is 5.34. The Labute approximate surface area is 202 Å². The van der Waals surface area contributed by atoms with Crippen LogP contribution in [0.4, 0.5) is 5.69 Å². The van der Waals surface area contributed by atoms with Gasteiger partial charge in [-0.05, 0) is 91.0 Å². The summed E-state index contributed by atoms with van der Waals surface area (Å²) < 4.78 is 6.02. The zero-order valence-electron chi connectivity index (χ0n) is 20.0. The molecule has 0 atom stereocenters. The van der Waals surface area contributed by atoms with E-state index in [9.17, 15) is 10.2 Å². The molecule has 2 aliphatic rings. The van der Waals surface area contributed by atoms with E-state index in [1.807, 2.05) is 12.1 Å². The minimum Gasteiger partial charge on any atom is -0.508 e. The lowest BCUT2D eigenvalue weighted by atomic mass is 9.94. The summed E-state index contributed by atoms with van der Waals surface area (Å²) in [6.07, 6.45) is 6.19. The first-order valence-electron chi connectivity index (χ1n) is 12.8. The van der Waals surface area contributed by atoms with E-state index in [-0.39, 0.29) is 6.10 Å². The standard InChI is InChI=1S/C29H36N2O3/c32-24-12-16-31(17-13-24)29-11-6-23-21-25(33)7-10-27(23)28(29)20-22-4-8-26(9-5-22)34-19-18-30-14-2-1-3-15-30/h4-11,21,24,32-33H,1-3,12-20H2. The van der Waals surface area contributed by atoms with Gasteiger partial charge in [-0.2, -0.15) is 0 Å². The highest BCUT2D eigenvalue weighted by molar-refractivity contribution is 5.91. The zero-order valence-corrected chi connectivity index (χ0v) is 20.0. The summed E-state index contributed by atoms with van der Waals surface area (Å²) in [6.45, 7) is 5.85. The Kier molecular flexibility index (Phi) is 7.21. The fraction of sp³-hybridized carbons (Fsp3) is 0.448. The number of hydrogen-bond donors (Lipinski definition) is 2. The number of nitrogens with zero attached hydrogens (tertiary/aromatic N) is 2. The van der Waals surface area contributed by atoms with Gasteiger partial charge in [0.1, 0.15) is 18.1 Å². The minimum atomic E-state index is -0.195. The number of phenolic OH excluding ortho intramolecular Hbond substituents is 1. The summed E-state index contributed by atoms with van der Waals surface area (Å²) in [5, 5.41) is 22.2. The molecule has 5 rings (SSSR count). The number of ether oxygens (including phenoxy) is 1. The van der Waals surface area contributed by atoms with Crippen LogP contribution in [0.5, 0.6) is 11.5 Å². The molecule has 2 saturated heterocycles. The number of fused-ring (bicyclic) bond motifs is 1. The minimum absolute atomic E-state index is 0.195. The van der Waals surface area contributed by atoms with Crippen molar-refractivity contribution in [3.05, 3.63) is 65.7 Å². The van der Waals surface area contributed by atoms with Crippen molar-refractivity contribution in [3.63, 3.8) is 0 Å². The van der Waals surface area contributed by atoms with Crippen molar-refractivity contribution in [2.45, 2.75) is 44.6 Å². The second-order valence-electron chi connectivity index (χ2n) is 9.76. The summed E-state index contributed by atoms with van der Waals surface area (Å²) >= 11 is 0. The van der Waals surface area contributed by atoms with E-state index in [4.69, 9.17) is 4.74 Å². The molecule has 3 aromatic rings. The largest absolute Gasteiger partial charge is 0.508 e. The third kappa shape index (κ3) is 5.48. The van der Waals surface area contributed by atoms with E-state index < -0.39 is 0 Å². The van der Waals surface area contributed by atoms with Gasteiger partial charge in [0.2, 0.25) is 0 Å². The summed E-state index contributed by atoms with van der Waals surface area (Å²) in [6, 6.07) is 18.4. The summed E-state index contributed by atoms with van der Waals surface area (Å²) in [7, 11) is 0. The molecule has 3 aromatic carbocycles. The normalized spacial score (nSPS) is 17.9. The van der Waals surface area contributed by atoms with Crippen molar-refractivity contribution in [2.75, 3.05) is 44.2 Å². The monoisotopic (exact) mass is 460 g/mol. The molecule has 5 heteroatoms. The van der Waals surface area contributed by atoms with E-state index in [1.165, 1.54) is 54.6 Å². The number of hydrogen-bond acceptors (Lipinski definition) is 5. The molecule has 2 N–H and O–H groups in total. The number of piperidine rings is 2. The molecule has 2 heterocycles. The Morgan fingerprint density at radius 3 is 2.38 bits per heavy atom. The molecule has 2 fully saturated rings. The third-order valence-electron chi connectivity index (χ3n) is 7.32. The summed E-state index contributed by atoms with van der Waals surface area (Å²) in [5.41, 5.74) is 3.74. The maximum Gasteiger partial charge on any atom is 0.119 e. The molecule has 0 aliphatic carbocycles. The van der Waals surface area contributed by atoms with Crippen LogP contribution in [0.3, 0.4) is 0 Å². The molecule has 0 amide bonds. The third-order valence-corrected chi connectivity index (χ3v) is 7.32. The Hall–Kier alpha value is -2.76. The van der Waals surface area contributed by atoms with E-state index in [2.05, 4.69) is 46.2 Å². The highest BCUT2D eigenvalue weighted by Gasteiger charge is 2.21. The van der Waals surface area contributed by atoms with Crippen molar-refractivity contribution in [1.82, 2.24) is 4.90 Å². The van der Waals surface area contributed by atoms with E-state index in [1.54, 1.807) is 6.07 Å². The Balaban J connectivity index is 1.32. The SMILES string of the molecule is Oc1ccc2c(Cc3ccc(OCCN4CCCCC4)cc3)c(N3CCC(O)CC3)ccc2c1. The Morgan fingerprint density at radius 1 is 0.853 bits per heavy atom. The van der Waals surface area contributed by atoms with Crippen LogP contribution in [0.15, 0.2) is 54.6 Å². The van der Waals surface area contributed by atoms with Gasteiger partial charge >= 0.3 is 0 Å². The van der Waals surface area contributed by atoms with Gasteiger partial charge in [0, 0.05) is 31.7 Å².